The SMILES string of the molecule is C.Cc1ccc(S(=O)(=O)Nc2nnc(-c3ccccc3)s2)cc1. The van der Waals surface area contributed by atoms with Crippen LogP contribution in [0, 0.1) is 6.92 Å². The number of sulfonamides is 1. The summed E-state index contributed by atoms with van der Waals surface area (Å²) >= 11 is 1.20. The Labute approximate surface area is 140 Å². The van der Waals surface area contributed by atoms with Crippen LogP contribution < -0.4 is 4.72 Å². The molecule has 0 atom stereocenters. The van der Waals surface area contributed by atoms with Gasteiger partial charge in [-0.05, 0) is 19.1 Å². The minimum atomic E-state index is -3.64. The summed E-state index contributed by atoms with van der Waals surface area (Å²) in [4.78, 5) is 0.203. The second-order valence-corrected chi connectivity index (χ2v) is 7.36. The third-order valence-corrected chi connectivity index (χ3v) is 5.37. The lowest BCUT2D eigenvalue weighted by atomic mass is 10.2. The van der Waals surface area contributed by atoms with E-state index in [1.54, 1.807) is 24.3 Å². The van der Waals surface area contributed by atoms with Gasteiger partial charge in [0, 0.05) is 5.56 Å². The molecule has 0 bridgehead atoms. The summed E-state index contributed by atoms with van der Waals surface area (Å²) in [5.74, 6) is 0. The van der Waals surface area contributed by atoms with Crippen LogP contribution in [0.15, 0.2) is 59.5 Å². The van der Waals surface area contributed by atoms with Crippen LogP contribution in [0.1, 0.15) is 13.0 Å². The first kappa shape index (κ1) is 17.1. The summed E-state index contributed by atoms with van der Waals surface area (Å²) in [7, 11) is -3.64. The predicted octanol–water partition coefficient (Wildman–Crippen LogP) is 3.95. The third-order valence-electron chi connectivity index (χ3n) is 3.00. The first-order valence-corrected chi connectivity index (χ1v) is 8.83. The van der Waals surface area contributed by atoms with E-state index in [9.17, 15) is 8.42 Å². The van der Waals surface area contributed by atoms with Gasteiger partial charge in [0.15, 0.2) is 0 Å². The molecule has 1 N–H and O–H groups in total. The van der Waals surface area contributed by atoms with E-state index in [4.69, 9.17) is 0 Å². The zero-order chi connectivity index (χ0) is 15.6. The number of hydrogen-bond donors (Lipinski definition) is 1. The van der Waals surface area contributed by atoms with E-state index in [0.29, 0.717) is 5.01 Å². The van der Waals surface area contributed by atoms with Gasteiger partial charge in [-0.15, -0.1) is 10.2 Å². The van der Waals surface area contributed by atoms with Gasteiger partial charge in [-0.2, -0.15) is 0 Å². The van der Waals surface area contributed by atoms with Crippen LogP contribution in [0.25, 0.3) is 10.6 Å². The molecule has 1 aromatic heterocycles. The molecule has 0 fully saturated rings. The third kappa shape index (κ3) is 3.94. The van der Waals surface area contributed by atoms with Crippen molar-refractivity contribution in [3.05, 3.63) is 60.2 Å². The summed E-state index contributed by atoms with van der Waals surface area (Å²) in [6, 6.07) is 16.1. The Morgan fingerprint density at radius 2 is 1.61 bits per heavy atom. The number of aryl methyl sites for hydroxylation is 1. The van der Waals surface area contributed by atoms with Crippen LogP contribution in [0.5, 0.6) is 0 Å². The van der Waals surface area contributed by atoms with Crippen molar-refractivity contribution in [3.8, 4) is 10.6 Å². The standard InChI is InChI=1S/C15H13N3O2S2.CH4/c1-11-7-9-13(10-8-11)22(19,20)18-15-17-16-14(21-15)12-5-3-2-4-6-12;/h2-10H,1H3,(H,17,18);1H4. The van der Waals surface area contributed by atoms with Gasteiger partial charge in [-0.1, -0.05) is 66.8 Å². The Bertz CT molecular complexity index is 873. The minimum absolute atomic E-state index is 0. The van der Waals surface area contributed by atoms with E-state index in [2.05, 4.69) is 14.9 Å². The van der Waals surface area contributed by atoms with E-state index < -0.39 is 10.0 Å². The van der Waals surface area contributed by atoms with Gasteiger partial charge in [0.2, 0.25) is 5.13 Å². The topological polar surface area (TPSA) is 72.0 Å². The lowest BCUT2D eigenvalue weighted by molar-refractivity contribution is 0.601. The van der Waals surface area contributed by atoms with E-state index in [0.717, 1.165) is 11.1 Å². The molecule has 5 nitrogen and oxygen atoms in total. The van der Waals surface area contributed by atoms with Crippen molar-refractivity contribution in [2.45, 2.75) is 19.2 Å². The molecule has 0 aliphatic rings. The van der Waals surface area contributed by atoms with Crippen molar-refractivity contribution < 1.29 is 8.42 Å². The van der Waals surface area contributed by atoms with Crippen LogP contribution in [0.2, 0.25) is 0 Å². The molecule has 0 aliphatic heterocycles. The monoisotopic (exact) mass is 347 g/mol. The highest BCUT2D eigenvalue weighted by Gasteiger charge is 2.17. The maximum Gasteiger partial charge on any atom is 0.263 e. The van der Waals surface area contributed by atoms with Crippen LogP contribution in [-0.2, 0) is 10.0 Å². The lowest BCUT2D eigenvalue weighted by Crippen LogP contribution is -2.12. The molecular weight excluding hydrogens is 330 g/mol. The Hall–Kier alpha value is -2.25. The maximum atomic E-state index is 12.3. The predicted molar refractivity (Wildman–Crippen MR) is 94.1 cm³/mol. The van der Waals surface area contributed by atoms with Crippen molar-refractivity contribution in [2.75, 3.05) is 4.72 Å². The fraction of sp³-hybridized carbons (Fsp3) is 0.125. The van der Waals surface area contributed by atoms with Gasteiger partial charge in [0.1, 0.15) is 5.01 Å². The molecule has 1 heterocycles. The molecule has 0 amide bonds. The van der Waals surface area contributed by atoms with Crippen LogP contribution in [-0.4, -0.2) is 18.6 Å². The van der Waals surface area contributed by atoms with Gasteiger partial charge in [-0.3, -0.25) is 4.72 Å². The number of hydrogen-bond acceptors (Lipinski definition) is 5. The molecule has 120 valence electrons. The van der Waals surface area contributed by atoms with Crippen LogP contribution >= 0.6 is 11.3 Å². The zero-order valence-electron chi connectivity index (χ0n) is 11.7. The number of aromatic nitrogens is 2. The number of rotatable bonds is 4. The first-order chi connectivity index (χ1) is 10.5. The first-order valence-electron chi connectivity index (χ1n) is 6.53. The van der Waals surface area contributed by atoms with Gasteiger partial charge >= 0.3 is 0 Å². The van der Waals surface area contributed by atoms with Gasteiger partial charge < -0.3 is 0 Å². The largest absolute Gasteiger partial charge is 0.263 e. The number of anilines is 1. The van der Waals surface area contributed by atoms with E-state index in [-0.39, 0.29) is 17.5 Å². The molecule has 3 rings (SSSR count). The van der Waals surface area contributed by atoms with Crippen molar-refractivity contribution in [1.82, 2.24) is 10.2 Å². The Kier molecular flexibility index (Phi) is 5.12. The fourth-order valence-electron chi connectivity index (χ4n) is 1.85. The molecule has 0 saturated heterocycles. The normalized spacial score (nSPS) is 10.8. The number of nitrogens with one attached hydrogen (secondary N) is 1. The average Bonchev–Trinajstić information content (AvgIpc) is 2.96. The molecule has 0 spiro atoms. The molecule has 23 heavy (non-hydrogen) atoms. The molecule has 0 radical (unpaired) electrons. The Balaban J connectivity index is 0.00000192. The summed E-state index contributed by atoms with van der Waals surface area (Å²) in [6.07, 6.45) is 0. The van der Waals surface area contributed by atoms with Gasteiger partial charge in [-0.25, -0.2) is 8.42 Å². The second kappa shape index (κ2) is 6.89. The highest BCUT2D eigenvalue weighted by atomic mass is 32.2. The van der Waals surface area contributed by atoms with Crippen molar-refractivity contribution in [1.29, 1.82) is 0 Å². The van der Waals surface area contributed by atoms with Crippen LogP contribution in [0.3, 0.4) is 0 Å². The van der Waals surface area contributed by atoms with Crippen LogP contribution in [0.4, 0.5) is 5.13 Å². The van der Waals surface area contributed by atoms with Crippen molar-refractivity contribution in [3.63, 3.8) is 0 Å². The number of nitrogens with zero attached hydrogens (tertiary/aromatic N) is 2. The Morgan fingerprint density at radius 3 is 2.26 bits per heavy atom. The van der Waals surface area contributed by atoms with Crippen molar-refractivity contribution in [2.24, 2.45) is 0 Å². The van der Waals surface area contributed by atoms with E-state index in [1.807, 2.05) is 37.3 Å². The fourth-order valence-corrected chi connectivity index (χ4v) is 3.83. The van der Waals surface area contributed by atoms with Crippen molar-refractivity contribution >= 4 is 26.5 Å². The Morgan fingerprint density at radius 1 is 0.957 bits per heavy atom. The second-order valence-electron chi connectivity index (χ2n) is 4.70. The summed E-state index contributed by atoms with van der Waals surface area (Å²) < 4.78 is 27.0. The van der Waals surface area contributed by atoms with E-state index >= 15 is 0 Å². The quantitative estimate of drug-likeness (QED) is 0.775. The van der Waals surface area contributed by atoms with Gasteiger partial charge in [0.25, 0.3) is 10.0 Å². The zero-order valence-corrected chi connectivity index (χ0v) is 13.4. The molecule has 3 aromatic rings. The molecule has 0 unspecified atom stereocenters. The summed E-state index contributed by atoms with van der Waals surface area (Å²) in [5, 5.41) is 8.84. The molecule has 0 aliphatic carbocycles. The molecule has 7 heteroatoms. The highest BCUT2D eigenvalue weighted by molar-refractivity contribution is 7.93. The minimum Gasteiger partial charge on any atom is -0.253 e. The highest BCUT2D eigenvalue weighted by Crippen LogP contribution is 2.27. The molecule has 0 saturated carbocycles. The molecule has 2 aromatic carbocycles. The average molecular weight is 347 g/mol. The smallest absolute Gasteiger partial charge is 0.253 e. The van der Waals surface area contributed by atoms with Gasteiger partial charge in [0.05, 0.1) is 4.90 Å². The lowest BCUT2D eigenvalue weighted by Gasteiger charge is -2.04. The summed E-state index contributed by atoms with van der Waals surface area (Å²) in [5.41, 5.74) is 1.90. The number of benzene rings is 2. The van der Waals surface area contributed by atoms with E-state index in [1.165, 1.54) is 11.3 Å². The maximum absolute atomic E-state index is 12.3. The molecular formula is C16H17N3O2S2. The summed E-state index contributed by atoms with van der Waals surface area (Å²) in [6.45, 7) is 1.90.